The van der Waals surface area contributed by atoms with Crippen molar-refractivity contribution < 1.29 is 10.2 Å². The van der Waals surface area contributed by atoms with Crippen LogP contribution in [0.3, 0.4) is 0 Å². The number of phenols is 2. The molecule has 0 radical (unpaired) electrons. The molecule has 0 bridgehead atoms. The summed E-state index contributed by atoms with van der Waals surface area (Å²) in [5.41, 5.74) is 4.93. The highest BCUT2D eigenvalue weighted by molar-refractivity contribution is 6.33. The number of aromatic hydroxyl groups is 2. The summed E-state index contributed by atoms with van der Waals surface area (Å²) in [6, 6.07) is 27.2. The first-order valence-corrected chi connectivity index (χ1v) is 11.7. The predicted octanol–water partition coefficient (Wildman–Crippen LogP) is 8.58. The number of hydrogen-bond donors (Lipinski definition) is 2. The van der Waals surface area contributed by atoms with Crippen LogP contribution in [-0.2, 0) is 12.8 Å². The van der Waals surface area contributed by atoms with Crippen molar-refractivity contribution in [3.63, 3.8) is 0 Å². The molecule has 0 saturated carbocycles. The molecular weight excluding hydrogens is 463 g/mol. The second-order valence-electron chi connectivity index (χ2n) is 7.98. The molecule has 4 aromatic rings. The molecule has 0 amide bonds. The SMILES string of the molecule is Oc1c(Cl)cc(C/C=C/c2ccccc2)cc1-c1cc(C/C=C/c2ccccc2)cc(Cl)c1O. The summed E-state index contributed by atoms with van der Waals surface area (Å²) < 4.78 is 0. The van der Waals surface area contributed by atoms with Crippen molar-refractivity contribution in [1.82, 2.24) is 0 Å². The lowest BCUT2D eigenvalue weighted by Gasteiger charge is -2.13. The topological polar surface area (TPSA) is 40.5 Å². The zero-order chi connectivity index (χ0) is 23.9. The van der Waals surface area contributed by atoms with Gasteiger partial charge in [0.05, 0.1) is 10.0 Å². The average molecular weight is 487 g/mol. The van der Waals surface area contributed by atoms with Crippen LogP contribution in [0.2, 0.25) is 10.0 Å². The van der Waals surface area contributed by atoms with E-state index in [1.807, 2.05) is 97.1 Å². The Morgan fingerprint density at radius 3 is 1.32 bits per heavy atom. The van der Waals surface area contributed by atoms with Crippen LogP contribution in [0.1, 0.15) is 22.3 Å². The third kappa shape index (κ3) is 5.91. The van der Waals surface area contributed by atoms with Gasteiger partial charge >= 0.3 is 0 Å². The summed E-state index contributed by atoms with van der Waals surface area (Å²) in [5.74, 6) is -0.165. The number of phenolic OH excluding ortho intramolecular Hbond substituents is 2. The van der Waals surface area contributed by atoms with Crippen LogP contribution in [0.4, 0.5) is 0 Å². The lowest BCUT2D eigenvalue weighted by molar-refractivity contribution is 0.469. The van der Waals surface area contributed by atoms with E-state index in [-0.39, 0.29) is 21.5 Å². The van der Waals surface area contributed by atoms with Crippen LogP contribution in [0, 0.1) is 0 Å². The molecule has 0 spiro atoms. The lowest BCUT2D eigenvalue weighted by Crippen LogP contribution is -1.90. The van der Waals surface area contributed by atoms with Gasteiger partial charge in [0, 0.05) is 11.1 Å². The van der Waals surface area contributed by atoms with E-state index in [1.54, 1.807) is 12.1 Å². The Labute approximate surface area is 210 Å². The Morgan fingerprint density at radius 1 is 0.559 bits per heavy atom. The van der Waals surface area contributed by atoms with Gasteiger partial charge in [-0.25, -0.2) is 0 Å². The van der Waals surface area contributed by atoms with Crippen LogP contribution >= 0.6 is 23.2 Å². The van der Waals surface area contributed by atoms with E-state index in [9.17, 15) is 10.2 Å². The van der Waals surface area contributed by atoms with E-state index < -0.39 is 0 Å². The molecule has 4 rings (SSSR count). The molecule has 0 atom stereocenters. The molecule has 0 aliphatic carbocycles. The summed E-state index contributed by atoms with van der Waals surface area (Å²) in [4.78, 5) is 0. The zero-order valence-corrected chi connectivity index (χ0v) is 20.0. The average Bonchev–Trinajstić information content (AvgIpc) is 2.85. The first kappa shape index (κ1) is 23.7. The van der Waals surface area contributed by atoms with Gasteiger partial charge in [0.15, 0.2) is 0 Å². The maximum absolute atomic E-state index is 10.7. The van der Waals surface area contributed by atoms with Crippen LogP contribution < -0.4 is 0 Å². The van der Waals surface area contributed by atoms with Crippen molar-refractivity contribution in [1.29, 1.82) is 0 Å². The molecule has 170 valence electrons. The van der Waals surface area contributed by atoms with Gasteiger partial charge in [-0.2, -0.15) is 0 Å². The smallest absolute Gasteiger partial charge is 0.142 e. The Hall–Kier alpha value is -3.46. The van der Waals surface area contributed by atoms with E-state index in [2.05, 4.69) is 0 Å². The van der Waals surface area contributed by atoms with Crippen molar-refractivity contribution in [2.24, 2.45) is 0 Å². The van der Waals surface area contributed by atoms with Crippen molar-refractivity contribution in [2.45, 2.75) is 12.8 Å². The molecule has 0 aromatic heterocycles. The second kappa shape index (κ2) is 11.1. The Balaban J connectivity index is 1.62. The largest absolute Gasteiger partial charge is 0.506 e. The molecule has 0 unspecified atom stereocenters. The molecule has 0 aliphatic heterocycles. The van der Waals surface area contributed by atoms with Crippen LogP contribution in [0.25, 0.3) is 23.3 Å². The first-order valence-electron chi connectivity index (χ1n) is 11.0. The molecular formula is C30H24Cl2O2. The van der Waals surface area contributed by atoms with Gasteiger partial charge in [-0.15, -0.1) is 0 Å². The van der Waals surface area contributed by atoms with Crippen molar-refractivity contribution >= 4 is 35.4 Å². The van der Waals surface area contributed by atoms with Gasteiger partial charge in [0.1, 0.15) is 11.5 Å². The van der Waals surface area contributed by atoms with Crippen LogP contribution in [0.5, 0.6) is 11.5 Å². The Bertz CT molecular complexity index is 1220. The van der Waals surface area contributed by atoms with Gasteiger partial charge in [-0.3, -0.25) is 0 Å². The minimum absolute atomic E-state index is 0.0826. The fourth-order valence-electron chi connectivity index (χ4n) is 3.75. The van der Waals surface area contributed by atoms with Gasteiger partial charge < -0.3 is 10.2 Å². The highest BCUT2D eigenvalue weighted by Crippen LogP contribution is 2.43. The zero-order valence-electron chi connectivity index (χ0n) is 18.5. The summed E-state index contributed by atoms with van der Waals surface area (Å²) in [6.45, 7) is 0. The molecule has 2 nitrogen and oxygen atoms in total. The molecule has 34 heavy (non-hydrogen) atoms. The highest BCUT2D eigenvalue weighted by Gasteiger charge is 2.16. The van der Waals surface area contributed by atoms with E-state index in [1.165, 1.54) is 0 Å². The predicted molar refractivity (Wildman–Crippen MR) is 144 cm³/mol. The molecule has 0 aliphatic rings. The normalized spacial score (nSPS) is 11.5. The fraction of sp³-hybridized carbons (Fsp3) is 0.0667. The molecule has 4 heteroatoms. The number of halogens is 2. The van der Waals surface area contributed by atoms with Crippen molar-refractivity contribution in [3.05, 3.63) is 129 Å². The minimum Gasteiger partial charge on any atom is -0.506 e. The van der Waals surface area contributed by atoms with Gasteiger partial charge in [0.2, 0.25) is 0 Å². The Morgan fingerprint density at radius 2 is 0.941 bits per heavy atom. The van der Waals surface area contributed by atoms with Gasteiger partial charge in [-0.05, 0) is 59.4 Å². The monoisotopic (exact) mass is 486 g/mol. The van der Waals surface area contributed by atoms with E-state index in [4.69, 9.17) is 23.2 Å². The van der Waals surface area contributed by atoms with Crippen molar-refractivity contribution in [3.8, 4) is 22.6 Å². The summed E-state index contributed by atoms with van der Waals surface area (Å²) >= 11 is 12.7. The molecule has 0 heterocycles. The molecule has 2 N–H and O–H groups in total. The van der Waals surface area contributed by atoms with Gasteiger partial charge in [-0.1, -0.05) is 108 Å². The maximum Gasteiger partial charge on any atom is 0.142 e. The fourth-order valence-corrected chi connectivity index (χ4v) is 4.23. The summed E-state index contributed by atoms with van der Waals surface area (Å²) in [7, 11) is 0. The second-order valence-corrected chi connectivity index (χ2v) is 8.80. The maximum atomic E-state index is 10.7. The highest BCUT2D eigenvalue weighted by atomic mass is 35.5. The lowest BCUT2D eigenvalue weighted by atomic mass is 9.96. The quantitative estimate of drug-likeness (QED) is 0.274. The number of allylic oxidation sites excluding steroid dienone is 2. The molecule has 0 fully saturated rings. The summed E-state index contributed by atoms with van der Waals surface area (Å²) in [5, 5.41) is 21.8. The molecule has 0 saturated heterocycles. The number of rotatable bonds is 7. The van der Waals surface area contributed by atoms with Crippen LogP contribution in [0.15, 0.2) is 97.1 Å². The molecule has 4 aromatic carbocycles. The van der Waals surface area contributed by atoms with Gasteiger partial charge in [0.25, 0.3) is 0 Å². The standard InChI is InChI=1S/C30H24Cl2O2/c31-27-19-23(15-7-13-21-9-3-1-4-10-21)17-25(29(27)33)26-18-24(20-28(32)30(26)34)16-8-14-22-11-5-2-6-12-22/h1-14,17-20,33-34H,15-16H2/b13-7+,14-8+. The van der Waals surface area contributed by atoms with Crippen LogP contribution in [-0.4, -0.2) is 10.2 Å². The van der Waals surface area contributed by atoms with Crippen molar-refractivity contribution in [2.75, 3.05) is 0 Å². The third-order valence-corrected chi connectivity index (χ3v) is 6.04. The van der Waals surface area contributed by atoms with E-state index in [0.717, 1.165) is 22.3 Å². The summed E-state index contributed by atoms with van der Waals surface area (Å²) in [6.07, 6.45) is 9.40. The number of hydrogen-bond acceptors (Lipinski definition) is 2. The van der Waals surface area contributed by atoms with E-state index in [0.29, 0.717) is 24.0 Å². The first-order chi connectivity index (χ1) is 16.5. The Kier molecular flexibility index (Phi) is 7.74. The number of benzene rings is 4. The third-order valence-electron chi connectivity index (χ3n) is 5.46. The van der Waals surface area contributed by atoms with E-state index >= 15 is 0 Å². The minimum atomic E-state index is -0.0826.